The van der Waals surface area contributed by atoms with Crippen molar-refractivity contribution in [2.75, 3.05) is 13.2 Å². The molecule has 6 heteroatoms. The van der Waals surface area contributed by atoms with Gasteiger partial charge in [0.15, 0.2) is 6.61 Å². The molecule has 0 radical (unpaired) electrons. The van der Waals surface area contributed by atoms with Crippen LogP contribution in [0.3, 0.4) is 0 Å². The van der Waals surface area contributed by atoms with Crippen molar-refractivity contribution < 1.29 is 9.53 Å². The maximum Gasteiger partial charge on any atom is 0.260 e. The van der Waals surface area contributed by atoms with Gasteiger partial charge in [-0.05, 0) is 50.3 Å². The van der Waals surface area contributed by atoms with E-state index < -0.39 is 0 Å². The molecule has 0 spiro atoms. The molecule has 0 saturated carbocycles. The molecule has 134 valence electrons. The Hall–Kier alpha value is -2.37. The SMILES string of the molecule is Cc1ccc(C)c(OCC(=O)N2CCCC2CCc2nncn2C)c1. The molecular weight excluding hydrogens is 316 g/mol. The molecule has 2 heterocycles. The molecule has 0 aliphatic carbocycles. The Kier molecular flexibility index (Phi) is 5.36. The first-order valence-corrected chi connectivity index (χ1v) is 8.87. The largest absolute Gasteiger partial charge is 0.483 e. The predicted molar refractivity (Wildman–Crippen MR) is 95.5 cm³/mol. The van der Waals surface area contributed by atoms with Gasteiger partial charge in [0.25, 0.3) is 5.91 Å². The lowest BCUT2D eigenvalue weighted by atomic mass is 10.1. The van der Waals surface area contributed by atoms with Crippen molar-refractivity contribution in [2.45, 2.75) is 45.6 Å². The van der Waals surface area contributed by atoms with Gasteiger partial charge in [0.1, 0.15) is 17.9 Å². The van der Waals surface area contributed by atoms with Gasteiger partial charge in [-0.15, -0.1) is 10.2 Å². The standard InChI is InChI=1S/C19H26N4O2/c1-14-6-7-15(2)17(11-14)25-12-19(24)23-10-4-5-16(23)8-9-18-21-20-13-22(18)3/h6-7,11,13,16H,4-5,8-10,12H2,1-3H3. The van der Waals surface area contributed by atoms with Crippen molar-refractivity contribution in [2.24, 2.45) is 7.05 Å². The number of benzene rings is 1. The molecular formula is C19H26N4O2. The molecule has 1 aromatic heterocycles. The molecule has 2 aromatic rings. The van der Waals surface area contributed by atoms with Gasteiger partial charge >= 0.3 is 0 Å². The van der Waals surface area contributed by atoms with E-state index in [2.05, 4.69) is 10.2 Å². The van der Waals surface area contributed by atoms with Crippen LogP contribution in [0.4, 0.5) is 0 Å². The third-order valence-electron chi connectivity index (χ3n) is 4.90. The number of aryl methyl sites for hydroxylation is 4. The lowest BCUT2D eigenvalue weighted by Gasteiger charge is -2.25. The molecule has 1 fully saturated rings. The highest BCUT2D eigenvalue weighted by atomic mass is 16.5. The second-order valence-corrected chi connectivity index (χ2v) is 6.84. The fourth-order valence-corrected chi connectivity index (χ4v) is 3.38. The second kappa shape index (κ2) is 7.68. The van der Waals surface area contributed by atoms with Crippen molar-refractivity contribution in [3.05, 3.63) is 41.5 Å². The minimum Gasteiger partial charge on any atom is -0.483 e. The second-order valence-electron chi connectivity index (χ2n) is 6.84. The molecule has 1 aliphatic heterocycles. The summed E-state index contributed by atoms with van der Waals surface area (Å²) >= 11 is 0. The minimum atomic E-state index is 0.0707. The topological polar surface area (TPSA) is 60.2 Å². The van der Waals surface area contributed by atoms with Crippen LogP contribution in [0.15, 0.2) is 24.5 Å². The lowest BCUT2D eigenvalue weighted by Crippen LogP contribution is -2.39. The predicted octanol–water partition coefficient (Wildman–Crippen LogP) is 2.43. The van der Waals surface area contributed by atoms with Gasteiger partial charge < -0.3 is 14.2 Å². The third kappa shape index (κ3) is 4.18. The Morgan fingerprint density at radius 3 is 2.96 bits per heavy atom. The summed E-state index contributed by atoms with van der Waals surface area (Å²) in [6, 6.07) is 6.33. The number of rotatable bonds is 6. The molecule has 1 aliphatic rings. The number of hydrogen-bond donors (Lipinski definition) is 0. The molecule has 1 saturated heterocycles. The highest BCUT2D eigenvalue weighted by Gasteiger charge is 2.29. The molecule has 6 nitrogen and oxygen atoms in total. The van der Waals surface area contributed by atoms with Crippen LogP contribution in [0, 0.1) is 13.8 Å². The van der Waals surface area contributed by atoms with Gasteiger partial charge in [-0.2, -0.15) is 0 Å². The van der Waals surface area contributed by atoms with Crippen molar-refractivity contribution >= 4 is 5.91 Å². The van der Waals surface area contributed by atoms with Gasteiger partial charge in [-0.25, -0.2) is 0 Å². The molecule has 1 aromatic carbocycles. The third-order valence-corrected chi connectivity index (χ3v) is 4.90. The first kappa shape index (κ1) is 17.5. The zero-order valence-corrected chi connectivity index (χ0v) is 15.2. The van der Waals surface area contributed by atoms with Gasteiger partial charge in [0.2, 0.25) is 0 Å². The average molecular weight is 342 g/mol. The summed E-state index contributed by atoms with van der Waals surface area (Å²) in [5.74, 6) is 1.83. The van der Waals surface area contributed by atoms with E-state index in [-0.39, 0.29) is 18.6 Å². The van der Waals surface area contributed by atoms with Crippen LogP contribution in [-0.4, -0.2) is 44.8 Å². The molecule has 25 heavy (non-hydrogen) atoms. The average Bonchev–Trinajstić information content (AvgIpc) is 3.22. The van der Waals surface area contributed by atoms with Gasteiger partial charge in [-0.1, -0.05) is 12.1 Å². The van der Waals surface area contributed by atoms with E-state index in [0.29, 0.717) is 0 Å². The smallest absolute Gasteiger partial charge is 0.260 e. The monoisotopic (exact) mass is 342 g/mol. The minimum absolute atomic E-state index is 0.0707. The highest BCUT2D eigenvalue weighted by Crippen LogP contribution is 2.23. The summed E-state index contributed by atoms with van der Waals surface area (Å²) in [4.78, 5) is 14.6. The first-order valence-electron chi connectivity index (χ1n) is 8.87. The molecule has 0 bridgehead atoms. The normalized spacial score (nSPS) is 17.1. The molecule has 1 unspecified atom stereocenters. The van der Waals surface area contributed by atoms with Gasteiger partial charge in [-0.3, -0.25) is 4.79 Å². The number of nitrogens with zero attached hydrogens (tertiary/aromatic N) is 4. The highest BCUT2D eigenvalue weighted by molar-refractivity contribution is 5.78. The van der Waals surface area contributed by atoms with Crippen LogP contribution in [0.5, 0.6) is 5.75 Å². The molecule has 3 rings (SSSR count). The van der Waals surface area contributed by atoms with E-state index in [0.717, 1.165) is 54.9 Å². The van der Waals surface area contributed by atoms with E-state index >= 15 is 0 Å². The Bertz CT molecular complexity index is 741. The van der Waals surface area contributed by atoms with Gasteiger partial charge in [0.05, 0.1) is 0 Å². The van der Waals surface area contributed by atoms with Crippen LogP contribution in [0.25, 0.3) is 0 Å². The number of carbonyl (C=O) groups excluding carboxylic acids is 1. The summed E-state index contributed by atoms with van der Waals surface area (Å²) in [6.45, 7) is 4.94. The van der Waals surface area contributed by atoms with Crippen LogP contribution in [0.1, 0.15) is 36.2 Å². The quantitative estimate of drug-likeness (QED) is 0.809. The molecule has 1 atom stereocenters. The zero-order valence-electron chi connectivity index (χ0n) is 15.2. The molecule has 1 amide bonds. The van der Waals surface area contributed by atoms with Crippen molar-refractivity contribution in [3.63, 3.8) is 0 Å². The Morgan fingerprint density at radius 1 is 1.36 bits per heavy atom. The summed E-state index contributed by atoms with van der Waals surface area (Å²) in [6.07, 6.45) is 5.57. The zero-order chi connectivity index (χ0) is 17.8. The van der Waals surface area contributed by atoms with Gasteiger partial charge in [0, 0.05) is 26.1 Å². The van der Waals surface area contributed by atoms with E-state index in [1.54, 1.807) is 6.33 Å². The van der Waals surface area contributed by atoms with Crippen LogP contribution in [-0.2, 0) is 18.3 Å². The number of hydrogen-bond acceptors (Lipinski definition) is 4. The number of ether oxygens (including phenoxy) is 1. The summed E-state index contributed by atoms with van der Waals surface area (Å²) in [5, 5.41) is 8.04. The van der Waals surface area contributed by atoms with Crippen LogP contribution in [0.2, 0.25) is 0 Å². The fourth-order valence-electron chi connectivity index (χ4n) is 3.38. The summed E-state index contributed by atoms with van der Waals surface area (Å²) in [7, 11) is 1.95. The van der Waals surface area contributed by atoms with Crippen LogP contribution < -0.4 is 4.74 Å². The number of amides is 1. The first-order chi connectivity index (χ1) is 12.0. The summed E-state index contributed by atoms with van der Waals surface area (Å²) < 4.78 is 7.73. The van der Waals surface area contributed by atoms with Crippen molar-refractivity contribution in [1.82, 2.24) is 19.7 Å². The number of carbonyl (C=O) groups is 1. The maximum absolute atomic E-state index is 12.6. The summed E-state index contributed by atoms with van der Waals surface area (Å²) in [5.41, 5.74) is 2.19. The Labute approximate surface area is 148 Å². The lowest BCUT2D eigenvalue weighted by molar-refractivity contribution is -0.134. The van der Waals surface area contributed by atoms with Crippen molar-refractivity contribution in [1.29, 1.82) is 0 Å². The fraction of sp³-hybridized carbons (Fsp3) is 0.526. The van der Waals surface area contributed by atoms with E-state index in [9.17, 15) is 4.79 Å². The van der Waals surface area contributed by atoms with E-state index in [1.807, 2.05) is 48.6 Å². The Morgan fingerprint density at radius 2 is 2.20 bits per heavy atom. The van der Waals surface area contributed by atoms with Crippen molar-refractivity contribution in [3.8, 4) is 5.75 Å². The number of likely N-dealkylation sites (tertiary alicyclic amines) is 1. The molecule has 0 N–H and O–H groups in total. The maximum atomic E-state index is 12.6. The number of aromatic nitrogens is 3. The van der Waals surface area contributed by atoms with E-state index in [1.165, 1.54) is 0 Å². The Balaban J connectivity index is 1.55. The van der Waals surface area contributed by atoms with Crippen LogP contribution >= 0.6 is 0 Å². The van der Waals surface area contributed by atoms with E-state index in [4.69, 9.17) is 4.74 Å².